The maximum absolute atomic E-state index is 13.2. The maximum atomic E-state index is 13.2. The molecule has 0 aliphatic carbocycles. The predicted molar refractivity (Wildman–Crippen MR) is 56.4 cm³/mol. The van der Waals surface area contributed by atoms with Crippen molar-refractivity contribution in [2.24, 2.45) is 5.92 Å². The molecular formula is C10H14FN3O2. The monoisotopic (exact) mass is 227 g/mol. The second kappa shape index (κ2) is 5.39. The standard InChI is InChI=1S/C10H14FN3O2/c1-3-6(4-2)9(15)13-8-7(11)5-12-10(16)14-8/h5-6H,3-4H2,1-2H3,(H2,12,13,14,15,16). The Labute approximate surface area is 92.7 Å². The third-order valence-corrected chi connectivity index (χ3v) is 2.33. The lowest BCUT2D eigenvalue weighted by atomic mass is 10.0. The summed E-state index contributed by atoms with van der Waals surface area (Å²) in [5, 5.41) is 11.3. The normalized spacial score (nSPS) is 10.5. The molecule has 1 aromatic heterocycles. The largest absolute Gasteiger partial charge is 0.479 e. The fourth-order valence-corrected chi connectivity index (χ4v) is 1.32. The van der Waals surface area contributed by atoms with Gasteiger partial charge in [0.15, 0.2) is 11.6 Å². The first-order chi connectivity index (χ1) is 7.58. The van der Waals surface area contributed by atoms with Crippen LogP contribution in [-0.4, -0.2) is 21.0 Å². The molecule has 0 fully saturated rings. The van der Waals surface area contributed by atoms with E-state index >= 15 is 0 Å². The van der Waals surface area contributed by atoms with Crippen LogP contribution in [0.3, 0.4) is 0 Å². The number of nitrogens with zero attached hydrogens (tertiary/aromatic N) is 2. The Morgan fingerprint density at radius 2 is 2.19 bits per heavy atom. The zero-order chi connectivity index (χ0) is 12.1. The summed E-state index contributed by atoms with van der Waals surface area (Å²) in [6.07, 6.45) is 2.15. The summed E-state index contributed by atoms with van der Waals surface area (Å²) in [5.41, 5.74) is 0. The van der Waals surface area contributed by atoms with E-state index in [1.807, 2.05) is 13.8 Å². The van der Waals surface area contributed by atoms with Crippen molar-refractivity contribution in [2.45, 2.75) is 26.7 Å². The number of hydrogen-bond donors (Lipinski definition) is 2. The fourth-order valence-electron chi connectivity index (χ4n) is 1.32. The second-order valence-corrected chi connectivity index (χ2v) is 3.37. The van der Waals surface area contributed by atoms with E-state index in [9.17, 15) is 9.18 Å². The van der Waals surface area contributed by atoms with Crippen LogP contribution in [0.5, 0.6) is 6.01 Å². The van der Waals surface area contributed by atoms with E-state index in [0.29, 0.717) is 12.8 Å². The van der Waals surface area contributed by atoms with Crippen LogP contribution in [0.1, 0.15) is 26.7 Å². The Hall–Kier alpha value is -1.72. The van der Waals surface area contributed by atoms with Crippen molar-refractivity contribution in [1.29, 1.82) is 0 Å². The number of aromatic hydroxyl groups is 1. The molecule has 0 saturated heterocycles. The Morgan fingerprint density at radius 3 is 2.75 bits per heavy atom. The zero-order valence-corrected chi connectivity index (χ0v) is 9.20. The molecule has 5 nitrogen and oxygen atoms in total. The summed E-state index contributed by atoms with van der Waals surface area (Å²) in [6.45, 7) is 3.75. The third kappa shape index (κ3) is 2.88. The Balaban J connectivity index is 2.80. The van der Waals surface area contributed by atoms with Gasteiger partial charge in [-0.25, -0.2) is 9.37 Å². The average Bonchev–Trinajstić information content (AvgIpc) is 2.25. The first-order valence-electron chi connectivity index (χ1n) is 5.10. The lowest BCUT2D eigenvalue weighted by Crippen LogP contribution is -2.23. The van der Waals surface area contributed by atoms with Crippen molar-refractivity contribution in [1.82, 2.24) is 9.97 Å². The minimum absolute atomic E-state index is 0.184. The number of nitrogens with one attached hydrogen (secondary N) is 1. The Bertz CT molecular complexity index is 380. The van der Waals surface area contributed by atoms with E-state index in [-0.39, 0.29) is 17.6 Å². The first kappa shape index (κ1) is 12.4. The molecule has 0 unspecified atom stereocenters. The number of hydrogen-bond acceptors (Lipinski definition) is 4. The van der Waals surface area contributed by atoms with Crippen LogP contribution in [-0.2, 0) is 4.79 Å². The molecule has 88 valence electrons. The van der Waals surface area contributed by atoms with Gasteiger partial charge in [0.2, 0.25) is 5.91 Å². The summed E-state index contributed by atoms with van der Waals surface area (Å²) >= 11 is 0. The van der Waals surface area contributed by atoms with Gasteiger partial charge >= 0.3 is 6.01 Å². The molecule has 0 atom stereocenters. The van der Waals surface area contributed by atoms with Gasteiger partial charge in [-0.3, -0.25) is 4.79 Å². The first-order valence-corrected chi connectivity index (χ1v) is 5.10. The lowest BCUT2D eigenvalue weighted by molar-refractivity contribution is -0.120. The van der Waals surface area contributed by atoms with Crippen molar-refractivity contribution in [2.75, 3.05) is 5.32 Å². The van der Waals surface area contributed by atoms with Gasteiger partial charge in [0.25, 0.3) is 0 Å². The summed E-state index contributed by atoms with van der Waals surface area (Å²) < 4.78 is 13.2. The van der Waals surface area contributed by atoms with Gasteiger partial charge in [0.1, 0.15) is 0 Å². The van der Waals surface area contributed by atoms with Crippen LogP contribution in [0, 0.1) is 11.7 Å². The van der Waals surface area contributed by atoms with Crippen LogP contribution in [0.4, 0.5) is 10.2 Å². The summed E-state index contributed by atoms with van der Waals surface area (Å²) in [5.74, 6) is -1.54. The van der Waals surface area contributed by atoms with E-state index in [1.165, 1.54) is 0 Å². The van der Waals surface area contributed by atoms with E-state index in [4.69, 9.17) is 5.11 Å². The molecule has 1 rings (SSSR count). The summed E-state index contributed by atoms with van der Waals surface area (Å²) in [4.78, 5) is 18.3. The number of aromatic nitrogens is 2. The van der Waals surface area contributed by atoms with E-state index < -0.39 is 11.8 Å². The van der Waals surface area contributed by atoms with Gasteiger partial charge in [-0.05, 0) is 12.8 Å². The third-order valence-electron chi connectivity index (χ3n) is 2.33. The molecule has 0 aliphatic rings. The van der Waals surface area contributed by atoms with Crippen LogP contribution in [0.2, 0.25) is 0 Å². The Morgan fingerprint density at radius 1 is 1.56 bits per heavy atom. The van der Waals surface area contributed by atoms with Crippen molar-refractivity contribution >= 4 is 11.7 Å². The molecular weight excluding hydrogens is 213 g/mol. The van der Waals surface area contributed by atoms with Crippen molar-refractivity contribution < 1.29 is 14.3 Å². The molecule has 0 spiro atoms. The molecule has 0 bridgehead atoms. The van der Waals surface area contributed by atoms with E-state index in [1.54, 1.807) is 0 Å². The van der Waals surface area contributed by atoms with Gasteiger partial charge < -0.3 is 10.4 Å². The highest BCUT2D eigenvalue weighted by Gasteiger charge is 2.17. The highest BCUT2D eigenvalue weighted by atomic mass is 19.1. The minimum atomic E-state index is -0.767. The second-order valence-electron chi connectivity index (χ2n) is 3.37. The highest BCUT2D eigenvalue weighted by Crippen LogP contribution is 2.15. The lowest BCUT2D eigenvalue weighted by Gasteiger charge is -2.12. The summed E-state index contributed by atoms with van der Waals surface area (Å²) in [7, 11) is 0. The SMILES string of the molecule is CCC(CC)C(=O)Nc1nc(O)ncc1F. The van der Waals surface area contributed by atoms with Crippen LogP contribution in [0.15, 0.2) is 6.20 Å². The zero-order valence-electron chi connectivity index (χ0n) is 9.20. The number of anilines is 1. The van der Waals surface area contributed by atoms with Gasteiger partial charge in [-0.15, -0.1) is 0 Å². The summed E-state index contributed by atoms with van der Waals surface area (Å²) in [6, 6.07) is -0.568. The van der Waals surface area contributed by atoms with Crippen molar-refractivity contribution in [3.8, 4) is 6.01 Å². The molecule has 1 heterocycles. The van der Waals surface area contributed by atoms with Crippen LogP contribution in [0.25, 0.3) is 0 Å². The Kier molecular flexibility index (Phi) is 4.16. The number of carbonyl (C=O) groups excluding carboxylic acids is 1. The molecule has 0 radical (unpaired) electrons. The molecule has 2 N–H and O–H groups in total. The topological polar surface area (TPSA) is 75.1 Å². The van der Waals surface area contributed by atoms with Gasteiger partial charge in [0, 0.05) is 5.92 Å². The predicted octanol–water partition coefficient (Wildman–Crippen LogP) is 1.70. The molecule has 0 saturated carbocycles. The molecule has 1 amide bonds. The molecule has 0 aromatic carbocycles. The molecule has 0 aliphatic heterocycles. The van der Waals surface area contributed by atoms with Gasteiger partial charge in [-0.1, -0.05) is 13.8 Å². The van der Waals surface area contributed by atoms with Gasteiger partial charge in [-0.2, -0.15) is 4.98 Å². The molecule has 6 heteroatoms. The van der Waals surface area contributed by atoms with E-state index in [0.717, 1.165) is 6.20 Å². The van der Waals surface area contributed by atoms with Crippen LogP contribution >= 0.6 is 0 Å². The quantitative estimate of drug-likeness (QED) is 0.820. The minimum Gasteiger partial charge on any atom is -0.479 e. The van der Waals surface area contributed by atoms with Crippen LogP contribution < -0.4 is 5.32 Å². The van der Waals surface area contributed by atoms with E-state index in [2.05, 4.69) is 15.3 Å². The fraction of sp³-hybridized carbons (Fsp3) is 0.500. The van der Waals surface area contributed by atoms with Crippen molar-refractivity contribution in [3.63, 3.8) is 0 Å². The van der Waals surface area contributed by atoms with Gasteiger partial charge in [0.05, 0.1) is 6.20 Å². The molecule has 1 aromatic rings. The average molecular weight is 227 g/mol. The molecule has 16 heavy (non-hydrogen) atoms. The smallest absolute Gasteiger partial charge is 0.316 e. The number of carbonyl (C=O) groups is 1. The van der Waals surface area contributed by atoms with Crippen molar-refractivity contribution in [3.05, 3.63) is 12.0 Å². The maximum Gasteiger partial charge on any atom is 0.316 e. The number of rotatable bonds is 4. The number of halogens is 1. The highest BCUT2D eigenvalue weighted by molar-refractivity contribution is 5.91. The number of amides is 1.